The second-order valence-electron chi connectivity index (χ2n) is 6.89. The van der Waals surface area contributed by atoms with Crippen LogP contribution in [0.15, 0.2) is 0 Å². The molecule has 2 rings (SSSR count). The van der Waals surface area contributed by atoms with E-state index in [1.165, 1.54) is 0 Å². The van der Waals surface area contributed by atoms with Crippen molar-refractivity contribution >= 4 is 15.9 Å². The van der Waals surface area contributed by atoms with E-state index < -0.39 is 15.8 Å². The first-order valence-corrected chi connectivity index (χ1v) is 10.4. The molecule has 23 heavy (non-hydrogen) atoms. The summed E-state index contributed by atoms with van der Waals surface area (Å²) in [5, 5.41) is 0. The third kappa shape index (κ3) is 6.04. The fourth-order valence-corrected chi connectivity index (χ4v) is 4.80. The van der Waals surface area contributed by atoms with Crippen LogP contribution in [0.25, 0.3) is 0 Å². The number of piperidine rings is 1. The van der Waals surface area contributed by atoms with E-state index in [-0.39, 0.29) is 18.1 Å². The zero-order valence-electron chi connectivity index (χ0n) is 14.3. The van der Waals surface area contributed by atoms with Crippen molar-refractivity contribution in [3.8, 4) is 0 Å². The van der Waals surface area contributed by atoms with E-state index in [9.17, 15) is 13.2 Å². The number of sulfonamides is 1. The summed E-state index contributed by atoms with van der Waals surface area (Å²) in [5.41, 5.74) is 0. The van der Waals surface area contributed by atoms with Crippen molar-refractivity contribution in [2.24, 2.45) is 5.92 Å². The van der Waals surface area contributed by atoms with Crippen LogP contribution in [-0.2, 0) is 19.6 Å². The highest BCUT2D eigenvalue weighted by molar-refractivity contribution is 7.90. The molecular weight excluding hydrogens is 316 g/mol. The van der Waals surface area contributed by atoms with Crippen molar-refractivity contribution in [2.45, 2.75) is 64.5 Å². The summed E-state index contributed by atoms with van der Waals surface area (Å²) in [7, 11) is -3.56. The van der Waals surface area contributed by atoms with Crippen LogP contribution in [0, 0.1) is 5.92 Å². The minimum absolute atomic E-state index is 0.0125. The molecule has 0 aromatic carbocycles. The Kier molecular flexibility index (Phi) is 6.85. The number of nitrogens with zero attached hydrogens (tertiary/aromatic N) is 1. The maximum Gasteiger partial charge on any atom is 0.239 e. The van der Waals surface area contributed by atoms with Crippen molar-refractivity contribution in [1.29, 1.82) is 0 Å². The summed E-state index contributed by atoms with van der Waals surface area (Å²) in [6.07, 6.45) is 5.66. The van der Waals surface area contributed by atoms with Gasteiger partial charge in [0.1, 0.15) is 5.75 Å². The number of rotatable bonds is 6. The van der Waals surface area contributed by atoms with Gasteiger partial charge in [0.2, 0.25) is 15.9 Å². The van der Waals surface area contributed by atoms with Gasteiger partial charge in [-0.2, -0.15) is 0 Å². The molecule has 0 radical (unpaired) electrons. The summed E-state index contributed by atoms with van der Waals surface area (Å²) >= 11 is 0. The number of hydrogen-bond donors (Lipinski definition) is 1. The predicted molar refractivity (Wildman–Crippen MR) is 89.6 cm³/mol. The molecule has 1 saturated carbocycles. The Morgan fingerprint density at radius 1 is 1.22 bits per heavy atom. The van der Waals surface area contributed by atoms with E-state index in [4.69, 9.17) is 4.74 Å². The highest BCUT2D eigenvalue weighted by Gasteiger charge is 2.29. The lowest BCUT2D eigenvalue weighted by molar-refractivity contribution is -0.132. The molecule has 0 aromatic heterocycles. The molecular formula is C16H30N2O4S. The van der Waals surface area contributed by atoms with Crippen LogP contribution in [-0.4, -0.2) is 56.8 Å². The Hall–Kier alpha value is -0.660. The number of likely N-dealkylation sites (tertiary alicyclic amines) is 1. The fraction of sp³-hybridized carbons (Fsp3) is 0.938. The first-order valence-electron chi connectivity index (χ1n) is 8.79. The molecule has 1 atom stereocenters. The van der Waals surface area contributed by atoms with Crippen LogP contribution in [0.2, 0.25) is 0 Å². The van der Waals surface area contributed by atoms with Crippen molar-refractivity contribution in [3.63, 3.8) is 0 Å². The molecule has 1 unspecified atom stereocenters. The van der Waals surface area contributed by atoms with Crippen LogP contribution in [0.5, 0.6) is 0 Å². The first kappa shape index (κ1) is 18.7. The van der Waals surface area contributed by atoms with Crippen molar-refractivity contribution in [2.75, 3.05) is 25.4 Å². The summed E-state index contributed by atoms with van der Waals surface area (Å²) in [6, 6.07) is -0.0125. The molecule has 0 aromatic rings. The molecule has 1 heterocycles. The van der Waals surface area contributed by atoms with Gasteiger partial charge in [-0.05, 0) is 51.4 Å². The second-order valence-corrected chi connectivity index (χ2v) is 8.65. The maximum absolute atomic E-state index is 12.3. The zero-order chi connectivity index (χ0) is 16.9. The van der Waals surface area contributed by atoms with Crippen LogP contribution in [0.3, 0.4) is 0 Å². The van der Waals surface area contributed by atoms with Gasteiger partial charge in [-0.3, -0.25) is 4.79 Å². The lowest BCUT2D eigenvalue weighted by Gasteiger charge is -2.32. The van der Waals surface area contributed by atoms with E-state index in [0.29, 0.717) is 25.6 Å². The van der Waals surface area contributed by atoms with Crippen LogP contribution in [0.1, 0.15) is 52.4 Å². The van der Waals surface area contributed by atoms with E-state index in [0.717, 1.165) is 38.5 Å². The SMILES string of the molecule is CCOC1CCCN(C(=O)CS(=O)(=O)NC2CCC(C)CC2)C1. The largest absolute Gasteiger partial charge is 0.377 e. The molecule has 0 spiro atoms. The maximum atomic E-state index is 12.3. The number of nitrogens with one attached hydrogen (secondary N) is 1. The van der Waals surface area contributed by atoms with Gasteiger partial charge in [0.15, 0.2) is 0 Å². The number of amides is 1. The van der Waals surface area contributed by atoms with Gasteiger partial charge in [0, 0.05) is 25.7 Å². The molecule has 1 amide bonds. The standard InChI is InChI=1S/C16H30N2O4S/c1-3-22-15-5-4-10-18(11-15)16(19)12-23(20,21)17-14-8-6-13(2)7-9-14/h13-15,17H,3-12H2,1-2H3. The average Bonchev–Trinajstić information content (AvgIpc) is 2.49. The number of ether oxygens (including phenoxy) is 1. The molecule has 1 aliphatic carbocycles. The van der Waals surface area contributed by atoms with Crippen molar-refractivity contribution in [1.82, 2.24) is 9.62 Å². The summed E-state index contributed by atoms with van der Waals surface area (Å²) in [5.74, 6) is -0.0925. The fourth-order valence-electron chi connectivity index (χ4n) is 3.46. The van der Waals surface area contributed by atoms with Gasteiger partial charge in [-0.1, -0.05) is 6.92 Å². The lowest BCUT2D eigenvalue weighted by atomic mass is 9.88. The summed E-state index contributed by atoms with van der Waals surface area (Å²) < 4.78 is 32.8. The molecule has 2 fully saturated rings. The average molecular weight is 346 g/mol. The van der Waals surface area contributed by atoms with Crippen LogP contribution in [0.4, 0.5) is 0 Å². The number of carbonyl (C=O) groups is 1. The number of hydrogen-bond acceptors (Lipinski definition) is 4. The zero-order valence-corrected chi connectivity index (χ0v) is 15.1. The molecule has 0 bridgehead atoms. The molecule has 1 aliphatic heterocycles. The van der Waals surface area contributed by atoms with Gasteiger partial charge < -0.3 is 9.64 Å². The first-order chi connectivity index (χ1) is 10.9. The van der Waals surface area contributed by atoms with E-state index in [1.807, 2.05) is 6.92 Å². The second kappa shape index (κ2) is 8.44. The topological polar surface area (TPSA) is 75.7 Å². The van der Waals surface area contributed by atoms with Gasteiger partial charge >= 0.3 is 0 Å². The molecule has 7 heteroatoms. The van der Waals surface area contributed by atoms with E-state index in [1.54, 1.807) is 4.90 Å². The van der Waals surface area contributed by atoms with Crippen molar-refractivity contribution in [3.05, 3.63) is 0 Å². The Morgan fingerprint density at radius 2 is 1.91 bits per heavy atom. The lowest BCUT2D eigenvalue weighted by Crippen LogP contribution is -2.48. The van der Waals surface area contributed by atoms with Gasteiger partial charge in [-0.15, -0.1) is 0 Å². The minimum Gasteiger partial charge on any atom is -0.377 e. The summed E-state index contributed by atoms with van der Waals surface area (Å²) in [4.78, 5) is 13.9. The summed E-state index contributed by atoms with van der Waals surface area (Å²) in [6.45, 7) is 5.87. The Labute approximate surface area is 140 Å². The smallest absolute Gasteiger partial charge is 0.239 e. The monoisotopic (exact) mass is 346 g/mol. The highest BCUT2D eigenvalue weighted by Crippen LogP contribution is 2.24. The van der Waals surface area contributed by atoms with Gasteiger partial charge in [0.05, 0.1) is 6.10 Å². The highest BCUT2D eigenvalue weighted by atomic mass is 32.2. The Bertz CT molecular complexity index is 484. The molecule has 2 aliphatic rings. The minimum atomic E-state index is -3.56. The molecule has 1 N–H and O–H groups in total. The molecule has 6 nitrogen and oxygen atoms in total. The Balaban J connectivity index is 1.83. The third-order valence-corrected chi connectivity index (χ3v) is 6.13. The quantitative estimate of drug-likeness (QED) is 0.791. The normalized spacial score (nSPS) is 29.5. The van der Waals surface area contributed by atoms with Crippen LogP contribution >= 0.6 is 0 Å². The van der Waals surface area contributed by atoms with E-state index >= 15 is 0 Å². The number of carbonyl (C=O) groups excluding carboxylic acids is 1. The molecule has 134 valence electrons. The van der Waals surface area contributed by atoms with Crippen molar-refractivity contribution < 1.29 is 17.9 Å². The van der Waals surface area contributed by atoms with Gasteiger partial charge in [-0.25, -0.2) is 13.1 Å². The van der Waals surface area contributed by atoms with Crippen LogP contribution < -0.4 is 4.72 Å². The third-order valence-electron chi connectivity index (χ3n) is 4.81. The van der Waals surface area contributed by atoms with Gasteiger partial charge in [0.25, 0.3) is 0 Å². The molecule has 1 saturated heterocycles. The predicted octanol–water partition coefficient (Wildman–Crippen LogP) is 1.51. The van der Waals surface area contributed by atoms with E-state index in [2.05, 4.69) is 11.6 Å². The Morgan fingerprint density at radius 3 is 2.57 bits per heavy atom.